The molecule has 4 nitrogen and oxygen atoms in total. The van der Waals surface area contributed by atoms with Crippen LogP contribution in [0.25, 0.3) is 0 Å². The first kappa shape index (κ1) is 15.2. The van der Waals surface area contributed by atoms with Gasteiger partial charge in [0, 0.05) is 31.0 Å². The number of aromatic nitrogens is 1. The van der Waals surface area contributed by atoms with E-state index in [4.69, 9.17) is 5.11 Å². The molecule has 1 aromatic heterocycles. The first-order valence-corrected chi connectivity index (χ1v) is 6.57. The Labute approximate surface area is 114 Å². The third-order valence-corrected chi connectivity index (χ3v) is 2.75. The zero-order chi connectivity index (χ0) is 14.1. The van der Waals surface area contributed by atoms with Crippen LogP contribution < -0.4 is 0 Å². The van der Waals surface area contributed by atoms with Crippen LogP contribution in [0.4, 0.5) is 0 Å². The van der Waals surface area contributed by atoms with Gasteiger partial charge in [0.15, 0.2) is 0 Å². The Morgan fingerprint density at radius 1 is 1.42 bits per heavy atom. The molecular weight excluding hydrogens is 240 g/mol. The Morgan fingerprint density at radius 3 is 2.84 bits per heavy atom. The van der Waals surface area contributed by atoms with Crippen LogP contribution in [0.3, 0.4) is 0 Å². The van der Waals surface area contributed by atoms with Crippen molar-refractivity contribution in [3.05, 3.63) is 29.6 Å². The number of hydrogen-bond donors (Lipinski definition) is 1. The van der Waals surface area contributed by atoms with Crippen LogP contribution in [-0.2, 0) is 0 Å². The molecule has 0 aliphatic heterocycles. The fraction of sp³-hybridized carbons (Fsp3) is 0.467. The summed E-state index contributed by atoms with van der Waals surface area (Å²) in [6, 6.07) is 1.71. The fourth-order valence-corrected chi connectivity index (χ4v) is 1.70. The molecule has 0 radical (unpaired) electrons. The second-order valence-electron chi connectivity index (χ2n) is 4.16. The molecule has 1 aromatic rings. The van der Waals surface area contributed by atoms with E-state index in [-0.39, 0.29) is 12.5 Å². The number of pyridine rings is 1. The van der Waals surface area contributed by atoms with Crippen LogP contribution in [0.1, 0.15) is 42.6 Å². The number of amides is 1. The Kier molecular flexibility index (Phi) is 6.62. The van der Waals surface area contributed by atoms with Crippen LogP contribution in [0.15, 0.2) is 18.5 Å². The predicted molar refractivity (Wildman–Crippen MR) is 74.7 cm³/mol. The van der Waals surface area contributed by atoms with Crippen LogP contribution in [0.2, 0.25) is 0 Å². The van der Waals surface area contributed by atoms with Gasteiger partial charge in [0.2, 0.25) is 0 Å². The SMILES string of the molecule is CCCCN(CC)C(=O)c1cncc(C#CCO)c1. The van der Waals surface area contributed by atoms with Crippen molar-refractivity contribution in [3.63, 3.8) is 0 Å². The normalized spacial score (nSPS) is 9.63. The van der Waals surface area contributed by atoms with E-state index < -0.39 is 0 Å². The lowest BCUT2D eigenvalue weighted by molar-refractivity contribution is 0.0762. The lowest BCUT2D eigenvalue weighted by Gasteiger charge is -2.20. The van der Waals surface area contributed by atoms with Crippen LogP contribution in [0.5, 0.6) is 0 Å². The van der Waals surface area contributed by atoms with Crippen molar-refractivity contribution in [3.8, 4) is 11.8 Å². The van der Waals surface area contributed by atoms with Crippen molar-refractivity contribution >= 4 is 5.91 Å². The number of carbonyl (C=O) groups is 1. The van der Waals surface area contributed by atoms with Crippen LogP contribution in [0, 0.1) is 11.8 Å². The topological polar surface area (TPSA) is 53.4 Å². The molecule has 0 aliphatic rings. The van der Waals surface area contributed by atoms with Gasteiger partial charge in [-0.3, -0.25) is 9.78 Å². The number of nitrogens with zero attached hydrogens (tertiary/aromatic N) is 2. The summed E-state index contributed by atoms with van der Waals surface area (Å²) < 4.78 is 0. The predicted octanol–water partition coefficient (Wildman–Crippen LogP) is 1.69. The van der Waals surface area contributed by atoms with E-state index >= 15 is 0 Å². The second-order valence-corrected chi connectivity index (χ2v) is 4.16. The fourth-order valence-electron chi connectivity index (χ4n) is 1.70. The zero-order valence-electron chi connectivity index (χ0n) is 11.5. The molecule has 1 amide bonds. The van der Waals surface area contributed by atoms with E-state index in [9.17, 15) is 4.79 Å². The van der Waals surface area contributed by atoms with Crippen molar-refractivity contribution in [2.75, 3.05) is 19.7 Å². The minimum absolute atomic E-state index is 0.0175. The third-order valence-electron chi connectivity index (χ3n) is 2.75. The van der Waals surface area contributed by atoms with Gasteiger partial charge in [-0.15, -0.1) is 0 Å². The molecular formula is C15H20N2O2. The molecule has 1 rings (SSSR count). The highest BCUT2D eigenvalue weighted by Crippen LogP contribution is 2.07. The molecule has 0 aromatic carbocycles. The Bertz CT molecular complexity index is 475. The van der Waals surface area contributed by atoms with E-state index in [0.717, 1.165) is 19.4 Å². The molecule has 19 heavy (non-hydrogen) atoms. The van der Waals surface area contributed by atoms with Gasteiger partial charge in [0.1, 0.15) is 6.61 Å². The summed E-state index contributed by atoms with van der Waals surface area (Å²) in [4.78, 5) is 18.1. The molecule has 0 unspecified atom stereocenters. The second kappa shape index (κ2) is 8.28. The highest BCUT2D eigenvalue weighted by Gasteiger charge is 2.13. The number of carbonyl (C=O) groups excluding carboxylic acids is 1. The van der Waals surface area contributed by atoms with Gasteiger partial charge in [-0.05, 0) is 19.4 Å². The van der Waals surface area contributed by atoms with Gasteiger partial charge in [-0.1, -0.05) is 25.2 Å². The zero-order valence-corrected chi connectivity index (χ0v) is 11.5. The van der Waals surface area contributed by atoms with Gasteiger partial charge in [-0.25, -0.2) is 0 Å². The largest absolute Gasteiger partial charge is 0.384 e. The van der Waals surface area contributed by atoms with E-state index in [1.165, 1.54) is 0 Å². The van der Waals surface area contributed by atoms with Crippen molar-refractivity contribution in [2.24, 2.45) is 0 Å². The first-order valence-electron chi connectivity index (χ1n) is 6.57. The molecule has 102 valence electrons. The molecule has 4 heteroatoms. The quantitative estimate of drug-likeness (QED) is 0.820. The lowest BCUT2D eigenvalue weighted by atomic mass is 10.2. The molecule has 0 saturated heterocycles. The average Bonchev–Trinajstić information content (AvgIpc) is 2.46. The molecule has 0 fully saturated rings. The summed E-state index contributed by atoms with van der Waals surface area (Å²) in [6.07, 6.45) is 5.20. The smallest absolute Gasteiger partial charge is 0.255 e. The summed E-state index contributed by atoms with van der Waals surface area (Å²) >= 11 is 0. The molecule has 1 heterocycles. The number of hydrogen-bond acceptors (Lipinski definition) is 3. The van der Waals surface area contributed by atoms with Crippen molar-refractivity contribution in [1.82, 2.24) is 9.88 Å². The standard InChI is InChI=1S/C15H20N2O2/c1-3-5-8-17(4-2)15(19)14-10-13(7-6-9-18)11-16-12-14/h10-12,18H,3-5,8-9H2,1-2H3. The first-order chi connectivity index (χ1) is 9.22. The van der Waals surface area contributed by atoms with E-state index in [1.807, 2.05) is 11.8 Å². The monoisotopic (exact) mass is 260 g/mol. The summed E-state index contributed by atoms with van der Waals surface area (Å²) in [5, 5.41) is 8.66. The summed E-state index contributed by atoms with van der Waals surface area (Å²) in [5.41, 5.74) is 1.19. The van der Waals surface area contributed by atoms with Gasteiger partial charge in [-0.2, -0.15) is 0 Å². The van der Waals surface area contributed by atoms with Crippen LogP contribution in [-0.4, -0.2) is 40.6 Å². The van der Waals surface area contributed by atoms with Gasteiger partial charge >= 0.3 is 0 Å². The lowest BCUT2D eigenvalue weighted by Crippen LogP contribution is -2.31. The average molecular weight is 260 g/mol. The third kappa shape index (κ3) is 4.72. The molecule has 0 bridgehead atoms. The van der Waals surface area contributed by atoms with E-state index in [1.54, 1.807) is 18.5 Å². The van der Waals surface area contributed by atoms with E-state index in [0.29, 0.717) is 17.7 Å². The highest BCUT2D eigenvalue weighted by molar-refractivity contribution is 5.94. The van der Waals surface area contributed by atoms with Gasteiger partial charge < -0.3 is 10.0 Å². The van der Waals surface area contributed by atoms with Crippen molar-refractivity contribution in [1.29, 1.82) is 0 Å². The Balaban J connectivity index is 2.85. The van der Waals surface area contributed by atoms with Gasteiger partial charge in [0.25, 0.3) is 5.91 Å². The summed E-state index contributed by atoms with van der Waals surface area (Å²) in [7, 11) is 0. The molecule has 0 spiro atoms. The highest BCUT2D eigenvalue weighted by atomic mass is 16.2. The summed E-state index contributed by atoms with van der Waals surface area (Å²) in [6.45, 7) is 5.32. The van der Waals surface area contributed by atoms with Crippen molar-refractivity contribution in [2.45, 2.75) is 26.7 Å². The molecule has 0 aliphatic carbocycles. The molecule has 0 saturated carbocycles. The number of rotatable bonds is 5. The maximum Gasteiger partial charge on any atom is 0.255 e. The maximum atomic E-state index is 12.3. The van der Waals surface area contributed by atoms with E-state index in [2.05, 4.69) is 23.7 Å². The minimum atomic E-state index is -0.199. The Hall–Kier alpha value is -1.86. The maximum absolute atomic E-state index is 12.3. The molecule has 0 atom stereocenters. The number of unbranched alkanes of at least 4 members (excludes halogenated alkanes) is 1. The number of aliphatic hydroxyl groups is 1. The van der Waals surface area contributed by atoms with Gasteiger partial charge in [0.05, 0.1) is 5.56 Å². The molecule has 1 N–H and O–H groups in total. The van der Waals surface area contributed by atoms with Crippen LogP contribution >= 0.6 is 0 Å². The minimum Gasteiger partial charge on any atom is -0.384 e. The summed E-state index contributed by atoms with van der Waals surface area (Å²) in [5.74, 6) is 5.29. The number of aliphatic hydroxyl groups excluding tert-OH is 1. The van der Waals surface area contributed by atoms with Crippen molar-refractivity contribution < 1.29 is 9.90 Å². The Morgan fingerprint density at radius 2 is 2.21 bits per heavy atom.